The number of H-pyrrole nitrogens is 1. The molecule has 2 aromatic heterocycles. The van der Waals surface area contributed by atoms with Gasteiger partial charge in [0.2, 0.25) is 5.56 Å². The van der Waals surface area contributed by atoms with E-state index in [1.807, 2.05) is 17.6 Å². The monoisotopic (exact) mass is 367 g/mol. The number of carbonyl (C=O) groups excluding carboxylic acids is 1. The van der Waals surface area contributed by atoms with E-state index in [0.29, 0.717) is 30.2 Å². The molecule has 0 aliphatic heterocycles. The summed E-state index contributed by atoms with van der Waals surface area (Å²) in [6.45, 7) is 3.01. The van der Waals surface area contributed by atoms with Gasteiger partial charge < -0.3 is 19.6 Å². The summed E-state index contributed by atoms with van der Waals surface area (Å²) in [5.74, 6) is 0.454. The van der Waals surface area contributed by atoms with E-state index >= 15 is 0 Å². The van der Waals surface area contributed by atoms with Crippen LogP contribution in [0.25, 0.3) is 11.3 Å². The van der Waals surface area contributed by atoms with E-state index in [-0.39, 0.29) is 17.5 Å². The number of ether oxygens (including phenoxy) is 1. The molecule has 8 nitrogen and oxygen atoms in total. The number of benzene rings is 1. The summed E-state index contributed by atoms with van der Waals surface area (Å²) in [7, 11) is 1.63. The average Bonchev–Trinajstić information content (AvgIpc) is 3.15. The Morgan fingerprint density at radius 3 is 2.74 bits per heavy atom. The normalized spacial score (nSPS) is 11.9. The van der Waals surface area contributed by atoms with Crippen molar-refractivity contribution in [1.82, 2.24) is 25.1 Å². The van der Waals surface area contributed by atoms with Crippen LogP contribution in [0.1, 0.15) is 29.1 Å². The number of methoxy groups -OCH3 is 1. The summed E-state index contributed by atoms with van der Waals surface area (Å²) in [6, 6.07) is 11.7. The number of nitrogens with zero attached hydrogens (tertiary/aromatic N) is 3. The van der Waals surface area contributed by atoms with Gasteiger partial charge >= 0.3 is 0 Å². The molecule has 1 aromatic carbocycles. The summed E-state index contributed by atoms with van der Waals surface area (Å²) in [4.78, 5) is 26.7. The fourth-order valence-corrected chi connectivity index (χ4v) is 2.72. The van der Waals surface area contributed by atoms with Gasteiger partial charge in [0, 0.05) is 31.0 Å². The number of amides is 1. The Kier molecular flexibility index (Phi) is 5.77. The minimum atomic E-state index is -0.304. The Bertz CT molecular complexity index is 962. The van der Waals surface area contributed by atoms with Gasteiger partial charge in [0.15, 0.2) is 5.82 Å². The van der Waals surface area contributed by atoms with Crippen LogP contribution in [0.2, 0.25) is 0 Å². The summed E-state index contributed by atoms with van der Waals surface area (Å²) >= 11 is 0. The van der Waals surface area contributed by atoms with E-state index in [1.165, 1.54) is 6.07 Å². The third-order valence-electron chi connectivity index (χ3n) is 4.14. The van der Waals surface area contributed by atoms with Crippen LogP contribution < -0.4 is 10.9 Å². The van der Waals surface area contributed by atoms with Crippen LogP contribution in [0.4, 0.5) is 0 Å². The van der Waals surface area contributed by atoms with E-state index < -0.39 is 0 Å². The summed E-state index contributed by atoms with van der Waals surface area (Å²) in [6.07, 6.45) is 1.62. The third kappa shape index (κ3) is 4.48. The van der Waals surface area contributed by atoms with Gasteiger partial charge in [-0.15, -0.1) is 10.2 Å². The first kappa shape index (κ1) is 18.5. The maximum atomic E-state index is 12.5. The zero-order chi connectivity index (χ0) is 19.2. The van der Waals surface area contributed by atoms with E-state index in [2.05, 4.69) is 20.5 Å². The second-order valence-corrected chi connectivity index (χ2v) is 6.08. The van der Waals surface area contributed by atoms with Gasteiger partial charge in [-0.25, -0.2) is 0 Å². The van der Waals surface area contributed by atoms with Gasteiger partial charge in [-0.1, -0.05) is 18.2 Å². The molecule has 0 aliphatic rings. The molecule has 0 unspecified atom stereocenters. The maximum Gasteiger partial charge on any atom is 0.251 e. The Labute approximate surface area is 156 Å². The Hall–Kier alpha value is -3.26. The van der Waals surface area contributed by atoms with Crippen LogP contribution in [0.15, 0.2) is 53.6 Å². The molecule has 140 valence electrons. The largest absolute Gasteiger partial charge is 0.383 e. The molecule has 0 fully saturated rings. The molecule has 3 rings (SSSR count). The molecule has 0 saturated carbocycles. The van der Waals surface area contributed by atoms with Crippen molar-refractivity contribution >= 4 is 5.91 Å². The lowest BCUT2D eigenvalue weighted by molar-refractivity contribution is 0.0937. The van der Waals surface area contributed by atoms with Crippen LogP contribution in [0, 0.1) is 0 Å². The molecule has 27 heavy (non-hydrogen) atoms. The van der Waals surface area contributed by atoms with Gasteiger partial charge in [-0.3, -0.25) is 9.59 Å². The van der Waals surface area contributed by atoms with Crippen molar-refractivity contribution in [2.45, 2.75) is 19.5 Å². The second kappa shape index (κ2) is 8.41. The minimum Gasteiger partial charge on any atom is -0.383 e. The van der Waals surface area contributed by atoms with Gasteiger partial charge in [0.1, 0.15) is 6.33 Å². The summed E-state index contributed by atoms with van der Waals surface area (Å²) in [5, 5.41) is 10.9. The van der Waals surface area contributed by atoms with Crippen molar-refractivity contribution < 1.29 is 9.53 Å². The minimum absolute atomic E-state index is 0.166. The first-order valence-electron chi connectivity index (χ1n) is 8.56. The highest BCUT2D eigenvalue weighted by molar-refractivity contribution is 5.94. The van der Waals surface area contributed by atoms with Gasteiger partial charge in [-0.2, -0.15) is 0 Å². The highest BCUT2D eigenvalue weighted by Crippen LogP contribution is 2.17. The van der Waals surface area contributed by atoms with Crippen LogP contribution in [-0.4, -0.2) is 39.4 Å². The number of pyridine rings is 1. The first-order valence-corrected chi connectivity index (χ1v) is 8.56. The van der Waals surface area contributed by atoms with E-state index in [0.717, 1.165) is 5.56 Å². The van der Waals surface area contributed by atoms with E-state index in [1.54, 1.807) is 43.8 Å². The molecule has 3 aromatic rings. The second-order valence-electron chi connectivity index (χ2n) is 6.08. The first-order chi connectivity index (χ1) is 13.1. The van der Waals surface area contributed by atoms with Crippen molar-refractivity contribution in [3.63, 3.8) is 0 Å². The van der Waals surface area contributed by atoms with Crippen molar-refractivity contribution in [2.75, 3.05) is 13.7 Å². The molecular weight excluding hydrogens is 346 g/mol. The molecule has 2 heterocycles. The molecule has 1 atom stereocenters. The van der Waals surface area contributed by atoms with Crippen molar-refractivity contribution in [3.8, 4) is 11.3 Å². The number of aromatic amines is 1. The third-order valence-corrected chi connectivity index (χ3v) is 4.14. The van der Waals surface area contributed by atoms with Gasteiger partial charge in [0.05, 0.1) is 12.6 Å². The predicted molar refractivity (Wildman–Crippen MR) is 100 cm³/mol. The Morgan fingerprint density at radius 1 is 1.26 bits per heavy atom. The zero-order valence-electron chi connectivity index (χ0n) is 15.2. The Balaban J connectivity index is 1.69. The predicted octanol–water partition coefficient (Wildman–Crippen LogP) is 1.77. The lowest BCUT2D eigenvalue weighted by Gasteiger charge is -2.15. The topological polar surface area (TPSA) is 102 Å². The molecule has 0 bridgehead atoms. The number of carbonyl (C=O) groups is 1. The fraction of sp³-hybridized carbons (Fsp3) is 0.263. The summed E-state index contributed by atoms with van der Waals surface area (Å²) < 4.78 is 6.92. The fourth-order valence-electron chi connectivity index (χ4n) is 2.72. The standard InChI is InChI=1S/C19H21N5O3/c1-13(18-23-20-12-24(18)10-11-27-2)21-19(26)15-8-6-14(7-9-15)16-4-3-5-17(25)22-16/h3-9,12-13H,10-11H2,1-2H3,(H,21,26)(H,22,25)/t13-/m1/s1. The highest BCUT2D eigenvalue weighted by Gasteiger charge is 2.16. The molecule has 0 radical (unpaired) electrons. The lowest BCUT2D eigenvalue weighted by atomic mass is 10.1. The molecule has 0 saturated heterocycles. The molecule has 0 spiro atoms. The van der Waals surface area contributed by atoms with E-state index in [4.69, 9.17) is 4.74 Å². The molecule has 8 heteroatoms. The van der Waals surface area contributed by atoms with E-state index in [9.17, 15) is 9.59 Å². The molecule has 0 aliphatic carbocycles. The number of hydrogen-bond donors (Lipinski definition) is 2. The van der Waals surface area contributed by atoms with Crippen LogP contribution in [0.5, 0.6) is 0 Å². The molecule has 1 amide bonds. The van der Waals surface area contributed by atoms with Crippen molar-refractivity contribution in [3.05, 3.63) is 70.5 Å². The number of rotatable bonds is 7. The zero-order valence-corrected chi connectivity index (χ0v) is 15.2. The Morgan fingerprint density at radius 2 is 2.04 bits per heavy atom. The number of hydrogen-bond acceptors (Lipinski definition) is 5. The van der Waals surface area contributed by atoms with Crippen molar-refractivity contribution in [2.24, 2.45) is 0 Å². The average molecular weight is 367 g/mol. The van der Waals surface area contributed by atoms with Gasteiger partial charge in [-0.05, 0) is 30.7 Å². The number of nitrogens with one attached hydrogen (secondary N) is 2. The smallest absolute Gasteiger partial charge is 0.251 e. The SMILES string of the molecule is COCCn1cnnc1[C@@H](C)NC(=O)c1ccc(-c2cccc(=O)[nH]2)cc1. The van der Waals surface area contributed by atoms with Gasteiger partial charge in [0.25, 0.3) is 5.91 Å². The molecular formula is C19H21N5O3. The molecule has 2 N–H and O–H groups in total. The lowest BCUT2D eigenvalue weighted by Crippen LogP contribution is -2.29. The highest BCUT2D eigenvalue weighted by atomic mass is 16.5. The van der Waals surface area contributed by atoms with Crippen LogP contribution in [-0.2, 0) is 11.3 Å². The number of aromatic nitrogens is 4. The van der Waals surface area contributed by atoms with Crippen molar-refractivity contribution in [1.29, 1.82) is 0 Å². The maximum absolute atomic E-state index is 12.5. The van der Waals surface area contributed by atoms with Crippen LogP contribution >= 0.6 is 0 Å². The quantitative estimate of drug-likeness (QED) is 0.663. The summed E-state index contributed by atoms with van der Waals surface area (Å²) in [5.41, 5.74) is 1.89. The van der Waals surface area contributed by atoms with Crippen LogP contribution in [0.3, 0.4) is 0 Å².